The Morgan fingerprint density at radius 3 is 2.47 bits per heavy atom. The van der Waals surface area contributed by atoms with Crippen molar-refractivity contribution in [2.45, 2.75) is 52.2 Å². The molecule has 0 heterocycles. The van der Waals surface area contributed by atoms with Gasteiger partial charge in [0.2, 0.25) is 0 Å². The van der Waals surface area contributed by atoms with Crippen LogP contribution in [0.1, 0.15) is 50.4 Å². The zero-order valence-electron chi connectivity index (χ0n) is 12.1. The molecule has 0 aliphatic carbocycles. The Bertz CT molecular complexity index is 362. The lowest BCUT2D eigenvalue weighted by atomic mass is 10.2. The molecule has 1 aromatic rings. The fourth-order valence-corrected chi connectivity index (χ4v) is 1.84. The van der Waals surface area contributed by atoms with Crippen molar-refractivity contribution in [3.05, 3.63) is 35.9 Å². The first kappa shape index (κ1) is 15.7. The third-order valence-electron chi connectivity index (χ3n) is 2.88. The van der Waals surface area contributed by atoms with Crippen LogP contribution in [-0.4, -0.2) is 24.8 Å². The summed E-state index contributed by atoms with van der Waals surface area (Å²) >= 11 is 0. The summed E-state index contributed by atoms with van der Waals surface area (Å²) in [7, 11) is 0. The van der Waals surface area contributed by atoms with E-state index in [1.807, 2.05) is 32.0 Å². The number of ether oxygens (including phenoxy) is 2. The third kappa shape index (κ3) is 6.39. The summed E-state index contributed by atoms with van der Waals surface area (Å²) in [5.41, 5.74) is 0.592. The molecular formula is C16H24O3. The summed E-state index contributed by atoms with van der Waals surface area (Å²) < 4.78 is 11.0. The summed E-state index contributed by atoms with van der Waals surface area (Å²) in [5, 5.41) is 0. The van der Waals surface area contributed by atoms with Gasteiger partial charge in [0.1, 0.15) is 6.10 Å². The standard InChI is InChI=1S/C16H24O3/c1-4-5-11-18-13(2)12-14(3)19-16(17)15-9-7-6-8-10-15/h6-10,13-14H,4-5,11-12H2,1-3H3/t13-,14+/m1/s1. The largest absolute Gasteiger partial charge is 0.459 e. The fraction of sp³-hybridized carbons (Fsp3) is 0.562. The average molecular weight is 264 g/mol. The van der Waals surface area contributed by atoms with E-state index in [2.05, 4.69) is 6.92 Å². The minimum atomic E-state index is -0.270. The van der Waals surface area contributed by atoms with Crippen LogP contribution in [0.25, 0.3) is 0 Å². The van der Waals surface area contributed by atoms with Gasteiger partial charge >= 0.3 is 5.97 Å². The molecule has 106 valence electrons. The summed E-state index contributed by atoms with van der Waals surface area (Å²) in [5.74, 6) is -0.270. The Labute approximate surface area is 115 Å². The molecule has 1 rings (SSSR count). The number of hydrogen-bond donors (Lipinski definition) is 0. The highest BCUT2D eigenvalue weighted by Gasteiger charge is 2.14. The first-order valence-corrected chi connectivity index (χ1v) is 7.01. The molecule has 1 aromatic carbocycles. The highest BCUT2D eigenvalue weighted by molar-refractivity contribution is 5.89. The van der Waals surface area contributed by atoms with E-state index < -0.39 is 0 Å². The van der Waals surface area contributed by atoms with Crippen LogP contribution in [0.3, 0.4) is 0 Å². The quantitative estimate of drug-likeness (QED) is 0.529. The lowest BCUT2D eigenvalue weighted by Gasteiger charge is -2.18. The molecule has 0 aromatic heterocycles. The summed E-state index contributed by atoms with van der Waals surface area (Å²) in [6.45, 7) is 6.83. The van der Waals surface area contributed by atoms with E-state index in [1.54, 1.807) is 12.1 Å². The van der Waals surface area contributed by atoms with Gasteiger partial charge < -0.3 is 9.47 Å². The van der Waals surface area contributed by atoms with Crippen LogP contribution in [0.15, 0.2) is 30.3 Å². The van der Waals surface area contributed by atoms with Crippen molar-refractivity contribution >= 4 is 5.97 Å². The Morgan fingerprint density at radius 1 is 1.16 bits per heavy atom. The van der Waals surface area contributed by atoms with Gasteiger partial charge in [-0.25, -0.2) is 4.79 Å². The number of benzene rings is 1. The lowest BCUT2D eigenvalue weighted by molar-refractivity contribution is 0.00305. The SMILES string of the molecule is CCCCO[C@H](C)C[C@H](C)OC(=O)c1ccccc1. The van der Waals surface area contributed by atoms with Crippen LogP contribution in [-0.2, 0) is 9.47 Å². The lowest BCUT2D eigenvalue weighted by Crippen LogP contribution is -2.21. The van der Waals surface area contributed by atoms with Crippen molar-refractivity contribution in [3.8, 4) is 0 Å². The van der Waals surface area contributed by atoms with Gasteiger partial charge in [0, 0.05) is 13.0 Å². The Morgan fingerprint density at radius 2 is 1.84 bits per heavy atom. The monoisotopic (exact) mass is 264 g/mol. The highest BCUT2D eigenvalue weighted by atomic mass is 16.5. The van der Waals surface area contributed by atoms with Gasteiger partial charge in [0.25, 0.3) is 0 Å². The molecule has 0 aliphatic heterocycles. The van der Waals surface area contributed by atoms with Gasteiger partial charge in [0.15, 0.2) is 0 Å². The second-order valence-corrected chi connectivity index (χ2v) is 4.85. The molecule has 0 aliphatic rings. The van der Waals surface area contributed by atoms with Crippen molar-refractivity contribution in [2.24, 2.45) is 0 Å². The smallest absolute Gasteiger partial charge is 0.338 e. The zero-order valence-corrected chi connectivity index (χ0v) is 12.1. The van der Waals surface area contributed by atoms with Crippen molar-refractivity contribution < 1.29 is 14.3 Å². The van der Waals surface area contributed by atoms with Crippen LogP contribution in [0.5, 0.6) is 0 Å². The van der Waals surface area contributed by atoms with Crippen molar-refractivity contribution in [1.82, 2.24) is 0 Å². The van der Waals surface area contributed by atoms with Crippen LogP contribution in [0, 0.1) is 0 Å². The van der Waals surface area contributed by atoms with Gasteiger partial charge in [-0.05, 0) is 32.4 Å². The minimum Gasteiger partial charge on any atom is -0.459 e. The van der Waals surface area contributed by atoms with Crippen molar-refractivity contribution in [1.29, 1.82) is 0 Å². The molecule has 3 nitrogen and oxygen atoms in total. The predicted octanol–water partition coefficient (Wildman–Crippen LogP) is 3.83. The topological polar surface area (TPSA) is 35.5 Å². The number of carbonyl (C=O) groups is 1. The number of rotatable bonds is 8. The molecular weight excluding hydrogens is 240 g/mol. The van der Waals surface area contributed by atoms with Crippen molar-refractivity contribution in [3.63, 3.8) is 0 Å². The molecule has 0 spiro atoms. The molecule has 0 fully saturated rings. The molecule has 0 bridgehead atoms. The summed E-state index contributed by atoms with van der Waals surface area (Å²) in [4.78, 5) is 11.8. The maximum Gasteiger partial charge on any atom is 0.338 e. The zero-order chi connectivity index (χ0) is 14.1. The molecule has 0 saturated carbocycles. The maximum atomic E-state index is 11.8. The highest BCUT2D eigenvalue weighted by Crippen LogP contribution is 2.10. The Hall–Kier alpha value is -1.35. The van der Waals surface area contributed by atoms with E-state index in [9.17, 15) is 4.79 Å². The minimum absolute atomic E-state index is 0.116. The second-order valence-electron chi connectivity index (χ2n) is 4.85. The van der Waals surface area contributed by atoms with Gasteiger partial charge in [-0.15, -0.1) is 0 Å². The summed E-state index contributed by atoms with van der Waals surface area (Å²) in [6, 6.07) is 9.06. The predicted molar refractivity (Wildman–Crippen MR) is 76.3 cm³/mol. The molecule has 0 amide bonds. The van der Waals surface area contributed by atoms with Gasteiger partial charge in [0.05, 0.1) is 11.7 Å². The van der Waals surface area contributed by atoms with E-state index in [0.29, 0.717) is 5.56 Å². The third-order valence-corrected chi connectivity index (χ3v) is 2.88. The van der Waals surface area contributed by atoms with Gasteiger partial charge in [-0.2, -0.15) is 0 Å². The molecule has 0 unspecified atom stereocenters. The molecule has 19 heavy (non-hydrogen) atoms. The second kappa shape index (κ2) is 8.70. The molecule has 2 atom stereocenters. The molecule has 0 N–H and O–H groups in total. The van der Waals surface area contributed by atoms with E-state index in [0.717, 1.165) is 25.9 Å². The number of unbranched alkanes of at least 4 members (excludes halogenated alkanes) is 1. The van der Waals surface area contributed by atoms with Crippen LogP contribution >= 0.6 is 0 Å². The van der Waals surface area contributed by atoms with Crippen molar-refractivity contribution in [2.75, 3.05) is 6.61 Å². The van der Waals surface area contributed by atoms with Crippen LogP contribution in [0.2, 0.25) is 0 Å². The van der Waals surface area contributed by atoms with Crippen LogP contribution < -0.4 is 0 Å². The first-order chi connectivity index (χ1) is 9.13. The number of carbonyl (C=O) groups excluding carboxylic acids is 1. The molecule has 3 heteroatoms. The maximum absolute atomic E-state index is 11.8. The fourth-order valence-electron chi connectivity index (χ4n) is 1.84. The number of esters is 1. The van der Waals surface area contributed by atoms with E-state index in [4.69, 9.17) is 9.47 Å². The van der Waals surface area contributed by atoms with Gasteiger partial charge in [-0.1, -0.05) is 31.5 Å². The molecule has 0 radical (unpaired) electrons. The van der Waals surface area contributed by atoms with E-state index in [-0.39, 0.29) is 18.2 Å². The van der Waals surface area contributed by atoms with Gasteiger partial charge in [-0.3, -0.25) is 0 Å². The van der Waals surface area contributed by atoms with E-state index >= 15 is 0 Å². The Balaban J connectivity index is 2.30. The normalized spacial score (nSPS) is 13.8. The average Bonchev–Trinajstić information content (AvgIpc) is 2.39. The van der Waals surface area contributed by atoms with Crippen LogP contribution in [0.4, 0.5) is 0 Å². The molecule has 0 saturated heterocycles. The Kier molecular flexibility index (Phi) is 7.19. The first-order valence-electron chi connectivity index (χ1n) is 7.01. The summed E-state index contributed by atoms with van der Waals surface area (Å²) in [6.07, 6.45) is 2.91. The number of hydrogen-bond acceptors (Lipinski definition) is 3. The van der Waals surface area contributed by atoms with E-state index in [1.165, 1.54) is 0 Å².